The van der Waals surface area contributed by atoms with Gasteiger partial charge in [0.25, 0.3) is 0 Å². The van der Waals surface area contributed by atoms with E-state index in [0.717, 1.165) is 16.9 Å². The van der Waals surface area contributed by atoms with Crippen molar-refractivity contribution in [1.29, 1.82) is 0 Å². The number of thioether (sulfide) groups is 1. The summed E-state index contributed by atoms with van der Waals surface area (Å²) in [6.07, 6.45) is 0.795. The zero-order valence-corrected chi connectivity index (χ0v) is 16.9. The Morgan fingerprint density at radius 3 is 2.31 bits per heavy atom. The fourth-order valence-electron chi connectivity index (χ4n) is 2.65. The summed E-state index contributed by atoms with van der Waals surface area (Å²) in [6, 6.07) is 13.9. The van der Waals surface area contributed by atoms with Crippen molar-refractivity contribution in [3.63, 3.8) is 0 Å². The molecule has 5 heteroatoms. The van der Waals surface area contributed by atoms with Gasteiger partial charge in [0.2, 0.25) is 5.91 Å². The quantitative estimate of drug-likeness (QED) is 0.678. The Balaban J connectivity index is 2.06. The molecule has 0 unspecified atom stereocenters. The van der Waals surface area contributed by atoms with Gasteiger partial charge in [-0.3, -0.25) is 4.79 Å². The highest BCUT2D eigenvalue weighted by molar-refractivity contribution is 8.00. The first kappa shape index (κ1) is 20.2. The van der Waals surface area contributed by atoms with E-state index in [1.54, 1.807) is 26.0 Å². The summed E-state index contributed by atoms with van der Waals surface area (Å²) >= 11 is 1.57. The molecule has 0 saturated carbocycles. The molecule has 0 fully saturated rings. The predicted molar refractivity (Wildman–Crippen MR) is 107 cm³/mol. The van der Waals surface area contributed by atoms with E-state index < -0.39 is 0 Å². The van der Waals surface area contributed by atoms with E-state index in [9.17, 15) is 4.79 Å². The van der Waals surface area contributed by atoms with Crippen molar-refractivity contribution in [3.05, 3.63) is 53.6 Å². The Kier molecular flexibility index (Phi) is 7.39. The van der Waals surface area contributed by atoms with Crippen LogP contribution in [-0.4, -0.2) is 25.4 Å². The molecule has 0 radical (unpaired) electrons. The highest BCUT2D eigenvalue weighted by Crippen LogP contribution is 2.31. The van der Waals surface area contributed by atoms with E-state index >= 15 is 0 Å². The van der Waals surface area contributed by atoms with Crippen molar-refractivity contribution in [3.8, 4) is 11.5 Å². The Labute approximate surface area is 160 Å². The Hall–Kier alpha value is -2.14. The molecule has 140 valence electrons. The average Bonchev–Trinajstić information content (AvgIpc) is 2.67. The first-order chi connectivity index (χ1) is 12.5. The molecule has 4 nitrogen and oxygen atoms in total. The number of rotatable bonds is 8. The van der Waals surface area contributed by atoms with Gasteiger partial charge in [-0.2, -0.15) is 0 Å². The van der Waals surface area contributed by atoms with Crippen LogP contribution in [-0.2, 0) is 4.79 Å². The standard InChI is InChI=1S/C21H27NO3S/c1-6-18(16-9-12-19(24-4)20(13-16)25-5)22-21(23)15(3)26-17-10-7-14(2)8-11-17/h7-13,15,18H,6H2,1-5H3,(H,22,23)/t15-,18-/m0/s1. The van der Waals surface area contributed by atoms with Crippen LogP contribution in [0.1, 0.15) is 37.4 Å². The van der Waals surface area contributed by atoms with Crippen LogP contribution < -0.4 is 14.8 Å². The third-order valence-electron chi connectivity index (χ3n) is 4.24. The maximum Gasteiger partial charge on any atom is 0.233 e. The van der Waals surface area contributed by atoms with Crippen LogP contribution in [0.5, 0.6) is 11.5 Å². The molecule has 1 amide bonds. The smallest absolute Gasteiger partial charge is 0.233 e. The van der Waals surface area contributed by atoms with Crippen LogP contribution in [0.2, 0.25) is 0 Å². The molecule has 2 rings (SSSR count). The number of carbonyl (C=O) groups excluding carboxylic acids is 1. The largest absolute Gasteiger partial charge is 0.493 e. The first-order valence-corrected chi connectivity index (χ1v) is 9.62. The van der Waals surface area contributed by atoms with Gasteiger partial charge < -0.3 is 14.8 Å². The van der Waals surface area contributed by atoms with Crippen molar-refractivity contribution in [2.75, 3.05) is 14.2 Å². The lowest BCUT2D eigenvalue weighted by molar-refractivity contribution is -0.121. The minimum Gasteiger partial charge on any atom is -0.493 e. The molecule has 2 aromatic rings. The minimum absolute atomic E-state index is 0.0252. The number of amides is 1. The summed E-state index contributed by atoms with van der Waals surface area (Å²) in [7, 11) is 3.22. The molecule has 2 aromatic carbocycles. The van der Waals surface area contributed by atoms with Gasteiger partial charge in [0.05, 0.1) is 25.5 Å². The molecule has 1 N–H and O–H groups in total. The van der Waals surface area contributed by atoms with Crippen LogP contribution in [0.3, 0.4) is 0 Å². The SMILES string of the molecule is CC[C@H](NC(=O)[C@H](C)Sc1ccc(C)cc1)c1ccc(OC)c(OC)c1. The highest BCUT2D eigenvalue weighted by Gasteiger charge is 2.20. The number of carbonyl (C=O) groups is 1. The normalized spacial score (nSPS) is 13.0. The molecule has 0 aliphatic carbocycles. The summed E-state index contributed by atoms with van der Waals surface area (Å²) < 4.78 is 10.7. The Morgan fingerprint density at radius 1 is 1.08 bits per heavy atom. The second kappa shape index (κ2) is 9.53. The van der Waals surface area contributed by atoms with Crippen molar-refractivity contribution in [2.24, 2.45) is 0 Å². The summed E-state index contributed by atoms with van der Waals surface area (Å²) in [5, 5.41) is 2.97. The number of ether oxygens (including phenoxy) is 2. The van der Waals surface area contributed by atoms with Gasteiger partial charge >= 0.3 is 0 Å². The van der Waals surface area contributed by atoms with Crippen molar-refractivity contribution in [1.82, 2.24) is 5.32 Å². The van der Waals surface area contributed by atoms with E-state index in [-0.39, 0.29) is 17.2 Å². The molecule has 26 heavy (non-hydrogen) atoms. The number of nitrogens with one attached hydrogen (secondary N) is 1. The maximum absolute atomic E-state index is 12.6. The lowest BCUT2D eigenvalue weighted by atomic mass is 10.0. The first-order valence-electron chi connectivity index (χ1n) is 8.74. The van der Waals surface area contributed by atoms with Crippen LogP contribution >= 0.6 is 11.8 Å². The van der Waals surface area contributed by atoms with Gasteiger partial charge in [-0.25, -0.2) is 0 Å². The molecule has 0 aliphatic rings. The van der Waals surface area contributed by atoms with Crippen LogP contribution in [0.4, 0.5) is 0 Å². The number of aryl methyl sites for hydroxylation is 1. The van der Waals surface area contributed by atoms with Gasteiger partial charge in [0.1, 0.15) is 0 Å². The van der Waals surface area contributed by atoms with Crippen LogP contribution in [0.15, 0.2) is 47.4 Å². The molecular weight excluding hydrogens is 346 g/mol. The second-order valence-electron chi connectivity index (χ2n) is 6.16. The molecule has 2 atom stereocenters. The Bertz CT molecular complexity index is 731. The van der Waals surface area contributed by atoms with Crippen molar-refractivity contribution < 1.29 is 14.3 Å². The lowest BCUT2D eigenvalue weighted by Gasteiger charge is -2.21. The lowest BCUT2D eigenvalue weighted by Crippen LogP contribution is -2.34. The summed E-state index contributed by atoms with van der Waals surface area (Å²) in [4.78, 5) is 13.7. The third-order valence-corrected chi connectivity index (χ3v) is 5.35. The van der Waals surface area contributed by atoms with Gasteiger partial charge in [-0.15, -0.1) is 11.8 Å². The molecule has 0 spiro atoms. The van der Waals surface area contributed by atoms with Gasteiger partial charge in [-0.1, -0.05) is 30.7 Å². The summed E-state index contributed by atoms with van der Waals surface area (Å²) in [5.41, 5.74) is 2.22. The van der Waals surface area contributed by atoms with Gasteiger partial charge in [0, 0.05) is 4.90 Å². The van der Waals surface area contributed by atoms with E-state index in [4.69, 9.17) is 9.47 Å². The Morgan fingerprint density at radius 2 is 1.73 bits per heavy atom. The topological polar surface area (TPSA) is 47.6 Å². The molecule has 0 aromatic heterocycles. The highest BCUT2D eigenvalue weighted by atomic mass is 32.2. The molecule has 0 heterocycles. The fraction of sp³-hybridized carbons (Fsp3) is 0.381. The zero-order chi connectivity index (χ0) is 19.1. The summed E-state index contributed by atoms with van der Waals surface area (Å²) in [5.74, 6) is 1.37. The second-order valence-corrected chi connectivity index (χ2v) is 7.57. The van der Waals surface area contributed by atoms with Crippen molar-refractivity contribution >= 4 is 17.7 Å². The van der Waals surface area contributed by atoms with E-state index in [0.29, 0.717) is 11.5 Å². The van der Waals surface area contributed by atoms with Crippen molar-refractivity contribution in [2.45, 2.75) is 43.4 Å². The molecule has 0 bridgehead atoms. The maximum atomic E-state index is 12.6. The molecular formula is C21H27NO3S. The summed E-state index contributed by atoms with van der Waals surface area (Å²) in [6.45, 7) is 6.04. The molecule has 0 aliphatic heterocycles. The van der Waals surface area contributed by atoms with Crippen LogP contribution in [0, 0.1) is 6.92 Å². The average molecular weight is 374 g/mol. The van der Waals surface area contributed by atoms with Crippen LogP contribution in [0.25, 0.3) is 0 Å². The van der Waals surface area contributed by atoms with E-state index in [2.05, 4.69) is 43.4 Å². The molecule has 0 saturated heterocycles. The van der Waals surface area contributed by atoms with Gasteiger partial charge in [-0.05, 0) is 50.1 Å². The minimum atomic E-state index is -0.174. The number of methoxy groups -OCH3 is 2. The van der Waals surface area contributed by atoms with Gasteiger partial charge in [0.15, 0.2) is 11.5 Å². The van der Waals surface area contributed by atoms with E-state index in [1.807, 2.05) is 25.1 Å². The number of benzene rings is 2. The third kappa shape index (κ3) is 5.18. The zero-order valence-electron chi connectivity index (χ0n) is 16.0. The fourth-order valence-corrected chi connectivity index (χ4v) is 3.53. The van der Waals surface area contributed by atoms with E-state index in [1.165, 1.54) is 5.56 Å². The number of hydrogen-bond acceptors (Lipinski definition) is 4. The monoisotopic (exact) mass is 373 g/mol. The number of hydrogen-bond donors (Lipinski definition) is 1. The predicted octanol–water partition coefficient (Wildman–Crippen LogP) is 4.76.